The molecule has 0 aromatic heterocycles. The minimum atomic E-state index is -0.731. The Labute approximate surface area is 136 Å². The maximum atomic E-state index is 12.1. The number of benzene rings is 1. The van der Waals surface area contributed by atoms with Crippen molar-refractivity contribution in [2.24, 2.45) is 5.73 Å². The number of hydrogen-bond donors (Lipinski definition) is 3. The van der Waals surface area contributed by atoms with Gasteiger partial charge in [-0.1, -0.05) is 25.7 Å². The summed E-state index contributed by atoms with van der Waals surface area (Å²) in [5, 5.41) is 15.3. The zero-order valence-corrected chi connectivity index (χ0v) is 13.1. The van der Waals surface area contributed by atoms with Gasteiger partial charge in [0, 0.05) is 11.3 Å². The average molecular weight is 314 g/mol. The predicted molar refractivity (Wildman–Crippen MR) is 87.6 cm³/mol. The summed E-state index contributed by atoms with van der Waals surface area (Å²) in [6, 6.07) is 8.89. The number of hydrogen-bond acceptors (Lipinski definition) is 4. The molecule has 2 rings (SSSR count). The van der Waals surface area contributed by atoms with Crippen LogP contribution in [0.1, 0.15) is 48.9 Å². The van der Waals surface area contributed by atoms with Gasteiger partial charge in [-0.2, -0.15) is 5.26 Å². The molecule has 0 radical (unpaired) electrons. The second kappa shape index (κ2) is 7.63. The number of amides is 2. The molecule has 1 aliphatic rings. The number of nitrogens with two attached hydrogens (primary N) is 1. The van der Waals surface area contributed by atoms with Gasteiger partial charge in [-0.25, -0.2) is 0 Å². The Morgan fingerprint density at radius 3 is 2.26 bits per heavy atom. The molecule has 0 atom stereocenters. The van der Waals surface area contributed by atoms with Crippen molar-refractivity contribution in [2.75, 3.05) is 11.9 Å². The van der Waals surface area contributed by atoms with Crippen LogP contribution in [0.25, 0.3) is 0 Å². The van der Waals surface area contributed by atoms with Crippen LogP contribution < -0.4 is 16.4 Å². The molecule has 0 spiro atoms. The van der Waals surface area contributed by atoms with Crippen molar-refractivity contribution >= 4 is 17.5 Å². The highest BCUT2D eigenvalue weighted by atomic mass is 16.2. The lowest BCUT2D eigenvalue weighted by molar-refractivity contribution is -0.120. The van der Waals surface area contributed by atoms with E-state index in [1.807, 2.05) is 0 Å². The van der Waals surface area contributed by atoms with Crippen molar-refractivity contribution < 1.29 is 9.59 Å². The second-order valence-corrected chi connectivity index (χ2v) is 5.95. The first kappa shape index (κ1) is 16.8. The minimum absolute atomic E-state index is 0.0827. The van der Waals surface area contributed by atoms with Crippen LogP contribution in [-0.4, -0.2) is 23.9 Å². The Kier molecular flexibility index (Phi) is 5.58. The summed E-state index contributed by atoms with van der Waals surface area (Å²) < 4.78 is 0. The van der Waals surface area contributed by atoms with Crippen molar-refractivity contribution in [3.63, 3.8) is 0 Å². The molecule has 23 heavy (non-hydrogen) atoms. The number of anilines is 1. The summed E-state index contributed by atoms with van der Waals surface area (Å²) in [4.78, 5) is 23.1. The molecule has 0 bridgehead atoms. The van der Waals surface area contributed by atoms with Gasteiger partial charge in [-0.15, -0.1) is 0 Å². The molecule has 1 aliphatic carbocycles. The van der Waals surface area contributed by atoms with E-state index in [4.69, 9.17) is 5.73 Å². The van der Waals surface area contributed by atoms with E-state index < -0.39 is 11.4 Å². The fourth-order valence-electron chi connectivity index (χ4n) is 2.84. The van der Waals surface area contributed by atoms with Crippen LogP contribution >= 0.6 is 0 Å². The number of carbonyl (C=O) groups excluding carboxylic acids is 2. The van der Waals surface area contributed by atoms with E-state index in [1.54, 1.807) is 24.3 Å². The first-order valence-electron chi connectivity index (χ1n) is 7.91. The normalized spacial score (nSPS) is 16.7. The molecule has 4 N–H and O–H groups in total. The number of carbonyl (C=O) groups is 2. The number of nitriles is 1. The van der Waals surface area contributed by atoms with Crippen LogP contribution in [0.5, 0.6) is 0 Å². The van der Waals surface area contributed by atoms with Gasteiger partial charge in [-0.05, 0) is 37.1 Å². The Morgan fingerprint density at radius 1 is 1.13 bits per heavy atom. The largest absolute Gasteiger partial charge is 0.376 e. The topological polar surface area (TPSA) is 108 Å². The van der Waals surface area contributed by atoms with Gasteiger partial charge >= 0.3 is 0 Å². The molecular weight excluding hydrogens is 292 g/mol. The molecule has 0 saturated heterocycles. The monoisotopic (exact) mass is 314 g/mol. The van der Waals surface area contributed by atoms with E-state index in [0.29, 0.717) is 18.4 Å². The SMILES string of the molecule is N#CC1(NC(=O)CNc2ccc(C(N)=O)cc2)CCCCCC1. The highest BCUT2D eigenvalue weighted by Gasteiger charge is 2.32. The molecule has 1 aromatic rings. The summed E-state index contributed by atoms with van der Waals surface area (Å²) in [6.07, 6.45) is 5.59. The summed E-state index contributed by atoms with van der Waals surface area (Å²) in [6.45, 7) is 0.0827. The predicted octanol–water partition coefficient (Wildman–Crippen LogP) is 1.93. The highest BCUT2D eigenvalue weighted by Crippen LogP contribution is 2.26. The third-order valence-electron chi connectivity index (χ3n) is 4.17. The van der Waals surface area contributed by atoms with Gasteiger partial charge in [0.25, 0.3) is 0 Å². The van der Waals surface area contributed by atoms with Gasteiger partial charge in [0.15, 0.2) is 0 Å². The summed E-state index contributed by atoms with van der Waals surface area (Å²) >= 11 is 0. The molecule has 1 fully saturated rings. The molecule has 1 aromatic carbocycles. The van der Waals surface area contributed by atoms with Crippen LogP contribution in [0.4, 0.5) is 5.69 Å². The number of rotatable bonds is 5. The minimum Gasteiger partial charge on any atom is -0.376 e. The van der Waals surface area contributed by atoms with Crippen LogP contribution in [-0.2, 0) is 4.79 Å². The molecule has 1 saturated carbocycles. The lowest BCUT2D eigenvalue weighted by Crippen LogP contribution is -2.48. The van der Waals surface area contributed by atoms with Gasteiger partial charge in [-0.3, -0.25) is 9.59 Å². The third kappa shape index (κ3) is 4.71. The van der Waals surface area contributed by atoms with Crippen molar-refractivity contribution in [1.82, 2.24) is 5.32 Å². The van der Waals surface area contributed by atoms with E-state index in [0.717, 1.165) is 31.4 Å². The van der Waals surface area contributed by atoms with Crippen molar-refractivity contribution in [3.05, 3.63) is 29.8 Å². The lowest BCUT2D eigenvalue weighted by atomic mass is 9.92. The molecule has 6 nitrogen and oxygen atoms in total. The fourth-order valence-corrected chi connectivity index (χ4v) is 2.84. The maximum absolute atomic E-state index is 12.1. The standard InChI is InChI=1S/C17H22N4O2/c18-12-17(9-3-1-2-4-10-17)21-15(22)11-20-14-7-5-13(6-8-14)16(19)23/h5-8,20H,1-4,9-11H2,(H2,19,23)(H,21,22). The fraction of sp³-hybridized carbons (Fsp3) is 0.471. The maximum Gasteiger partial charge on any atom is 0.248 e. The number of primary amides is 1. The first-order valence-corrected chi connectivity index (χ1v) is 7.91. The molecule has 122 valence electrons. The van der Waals surface area contributed by atoms with Crippen LogP contribution in [0.3, 0.4) is 0 Å². The van der Waals surface area contributed by atoms with Crippen LogP contribution in [0.2, 0.25) is 0 Å². The summed E-state index contributed by atoms with van der Waals surface area (Å²) in [5.74, 6) is -0.689. The second-order valence-electron chi connectivity index (χ2n) is 5.95. The Morgan fingerprint density at radius 2 is 1.74 bits per heavy atom. The molecule has 0 heterocycles. The van der Waals surface area contributed by atoms with E-state index >= 15 is 0 Å². The Balaban J connectivity index is 1.88. The van der Waals surface area contributed by atoms with Crippen molar-refractivity contribution in [1.29, 1.82) is 5.26 Å². The van der Waals surface area contributed by atoms with Crippen molar-refractivity contribution in [3.8, 4) is 6.07 Å². The van der Waals surface area contributed by atoms with E-state index in [9.17, 15) is 14.9 Å². The molecule has 0 unspecified atom stereocenters. The van der Waals surface area contributed by atoms with Crippen LogP contribution in [0.15, 0.2) is 24.3 Å². The molecule has 0 aliphatic heterocycles. The summed E-state index contributed by atoms with van der Waals surface area (Å²) in [7, 11) is 0. The number of nitrogens with one attached hydrogen (secondary N) is 2. The van der Waals surface area contributed by atoms with E-state index in [2.05, 4.69) is 16.7 Å². The Hall–Kier alpha value is -2.55. The Bertz CT molecular complexity index is 596. The third-order valence-corrected chi connectivity index (χ3v) is 4.17. The molecule has 6 heteroatoms. The van der Waals surface area contributed by atoms with Gasteiger partial charge in [0.2, 0.25) is 11.8 Å². The van der Waals surface area contributed by atoms with Gasteiger partial charge < -0.3 is 16.4 Å². The van der Waals surface area contributed by atoms with E-state index in [-0.39, 0.29) is 12.5 Å². The van der Waals surface area contributed by atoms with Crippen molar-refractivity contribution in [2.45, 2.75) is 44.1 Å². The first-order chi connectivity index (χ1) is 11.0. The highest BCUT2D eigenvalue weighted by molar-refractivity contribution is 5.93. The number of nitrogens with zero attached hydrogens (tertiary/aromatic N) is 1. The summed E-state index contributed by atoms with van der Waals surface area (Å²) in [5.41, 5.74) is 5.59. The van der Waals surface area contributed by atoms with Gasteiger partial charge in [0.05, 0.1) is 12.6 Å². The van der Waals surface area contributed by atoms with E-state index in [1.165, 1.54) is 0 Å². The zero-order valence-electron chi connectivity index (χ0n) is 13.1. The smallest absolute Gasteiger partial charge is 0.248 e. The average Bonchev–Trinajstić information content (AvgIpc) is 2.79. The lowest BCUT2D eigenvalue weighted by Gasteiger charge is -2.26. The quantitative estimate of drug-likeness (QED) is 0.722. The zero-order chi connectivity index (χ0) is 16.7. The van der Waals surface area contributed by atoms with Gasteiger partial charge in [0.1, 0.15) is 5.54 Å². The molecule has 2 amide bonds. The van der Waals surface area contributed by atoms with Crippen LogP contribution in [0, 0.1) is 11.3 Å². The molecular formula is C17H22N4O2.